The van der Waals surface area contributed by atoms with Gasteiger partial charge in [0.25, 0.3) is 0 Å². The molecule has 5 heteroatoms. The first-order chi connectivity index (χ1) is 9.81. The third-order valence-corrected chi connectivity index (χ3v) is 5.00. The summed E-state index contributed by atoms with van der Waals surface area (Å²) in [6.45, 7) is 0. The van der Waals surface area contributed by atoms with Crippen molar-refractivity contribution in [1.29, 1.82) is 0 Å². The van der Waals surface area contributed by atoms with E-state index in [0.29, 0.717) is 6.04 Å². The average Bonchev–Trinajstić information content (AvgIpc) is 3.06. The summed E-state index contributed by atoms with van der Waals surface area (Å²) in [6.07, 6.45) is 2.18. The minimum atomic E-state index is 0.0160. The molecule has 2 aromatic carbocycles. The SMILES string of the molecule is Nc1ccc2c(c1)CCC2Nc1cccc2c1N=[Se]=N2. The number of benzene rings is 2. The van der Waals surface area contributed by atoms with Crippen molar-refractivity contribution in [2.75, 3.05) is 11.1 Å². The maximum absolute atomic E-state index is 5.86. The van der Waals surface area contributed by atoms with E-state index in [2.05, 4.69) is 31.4 Å². The Balaban J connectivity index is 1.67. The van der Waals surface area contributed by atoms with E-state index in [4.69, 9.17) is 5.73 Å². The van der Waals surface area contributed by atoms with Crippen LogP contribution in [0.25, 0.3) is 0 Å². The maximum atomic E-state index is 5.86. The second-order valence-electron chi connectivity index (χ2n) is 5.13. The van der Waals surface area contributed by atoms with Crippen LogP contribution < -0.4 is 11.1 Å². The van der Waals surface area contributed by atoms with Gasteiger partial charge in [0.1, 0.15) is 0 Å². The Labute approximate surface area is 123 Å². The summed E-state index contributed by atoms with van der Waals surface area (Å²) in [5.41, 5.74) is 12.6. The van der Waals surface area contributed by atoms with E-state index < -0.39 is 0 Å². The predicted octanol–water partition coefficient (Wildman–Crippen LogP) is 3.72. The second kappa shape index (κ2) is 4.62. The number of nitrogens with two attached hydrogens (primary N) is 1. The van der Waals surface area contributed by atoms with Crippen molar-refractivity contribution in [1.82, 2.24) is 0 Å². The molecule has 0 fully saturated rings. The Morgan fingerprint density at radius 1 is 1.20 bits per heavy atom. The van der Waals surface area contributed by atoms with Crippen molar-refractivity contribution < 1.29 is 0 Å². The molecule has 2 aromatic rings. The van der Waals surface area contributed by atoms with E-state index in [1.165, 1.54) is 11.1 Å². The normalized spacial score (nSPS) is 18.5. The molecule has 1 aliphatic heterocycles. The zero-order chi connectivity index (χ0) is 13.5. The van der Waals surface area contributed by atoms with E-state index in [-0.39, 0.29) is 14.6 Å². The van der Waals surface area contributed by atoms with Crippen LogP contribution >= 0.6 is 0 Å². The minimum absolute atomic E-state index is 0.0160. The summed E-state index contributed by atoms with van der Waals surface area (Å²) in [6, 6.07) is 12.7. The fourth-order valence-electron chi connectivity index (χ4n) is 2.90. The summed E-state index contributed by atoms with van der Waals surface area (Å²) < 4.78 is 8.95. The number of hydrogen-bond donors (Lipinski definition) is 2. The number of hydrogen-bond acceptors (Lipinski definition) is 4. The van der Waals surface area contributed by atoms with Gasteiger partial charge >= 0.3 is 123 Å². The molecule has 1 aliphatic carbocycles. The standard InChI is InChI=1S/C15H14N4Se/c16-10-5-6-11-9(8-10)4-7-12(11)17-13-2-1-3-14-15(13)19-20-18-14/h1-3,5-6,8,12,17H,4,7,16H2. The van der Waals surface area contributed by atoms with Crippen LogP contribution in [0.2, 0.25) is 0 Å². The van der Waals surface area contributed by atoms with Gasteiger partial charge in [-0.3, -0.25) is 0 Å². The Hall–Kier alpha value is -1.84. The molecule has 100 valence electrons. The predicted molar refractivity (Wildman–Crippen MR) is 81.9 cm³/mol. The van der Waals surface area contributed by atoms with Gasteiger partial charge in [0, 0.05) is 0 Å². The fraction of sp³-hybridized carbons (Fsp3) is 0.200. The van der Waals surface area contributed by atoms with E-state index in [9.17, 15) is 0 Å². The molecule has 2 aliphatic rings. The van der Waals surface area contributed by atoms with Crippen molar-refractivity contribution >= 4 is 37.3 Å². The molecule has 0 saturated carbocycles. The van der Waals surface area contributed by atoms with Crippen LogP contribution in [0.4, 0.5) is 22.7 Å². The molecule has 1 atom stereocenters. The van der Waals surface area contributed by atoms with Crippen LogP contribution in [-0.4, -0.2) is 14.6 Å². The van der Waals surface area contributed by atoms with E-state index in [0.717, 1.165) is 35.6 Å². The van der Waals surface area contributed by atoms with Crippen LogP contribution in [0.15, 0.2) is 44.3 Å². The van der Waals surface area contributed by atoms with Gasteiger partial charge in [0.15, 0.2) is 0 Å². The van der Waals surface area contributed by atoms with Gasteiger partial charge < -0.3 is 0 Å². The summed E-state index contributed by atoms with van der Waals surface area (Å²) in [4.78, 5) is 0. The van der Waals surface area contributed by atoms with Crippen LogP contribution in [0.1, 0.15) is 23.6 Å². The van der Waals surface area contributed by atoms with Crippen molar-refractivity contribution in [3.8, 4) is 0 Å². The summed E-state index contributed by atoms with van der Waals surface area (Å²) in [7, 11) is 0. The number of aryl methyl sites for hydroxylation is 1. The molecular weight excluding hydrogens is 315 g/mol. The van der Waals surface area contributed by atoms with Gasteiger partial charge in [0.05, 0.1) is 0 Å². The Bertz CT molecular complexity index is 762. The number of fused-ring (bicyclic) bond motifs is 2. The summed E-state index contributed by atoms with van der Waals surface area (Å²) in [5, 5.41) is 3.63. The number of nitrogen functional groups attached to an aromatic ring is 1. The van der Waals surface area contributed by atoms with Crippen LogP contribution in [0.3, 0.4) is 0 Å². The molecule has 0 amide bonds. The van der Waals surface area contributed by atoms with Gasteiger partial charge in [-0.05, 0) is 0 Å². The van der Waals surface area contributed by atoms with Gasteiger partial charge in [-0.25, -0.2) is 0 Å². The fourth-order valence-corrected chi connectivity index (χ4v) is 4.05. The van der Waals surface area contributed by atoms with Gasteiger partial charge in [0.2, 0.25) is 0 Å². The molecule has 0 saturated heterocycles. The first kappa shape index (κ1) is 11.9. The molecule has 0 bridgehead atoms. The first-order valence-corrected chi connectivity index (χ1v) is 8.20. The Morgan fingerprint density at radius 3 is 3.10 bits per heavy atom. The molecule has 0 spiro atoms. The van der Waals surface area contributed by atoms with Crippen molar-refractivity contribution in [2.45, 2.75) is 18.9 Å². The van der Waals surface area contributed by atoms with Gasteiger partial charge in [-0.1, -0.05) is 0 Å². The van der Waals surface area contributed by atoms with E-state index >= 15 is 0 Å². The topological polar surface area (TPSA) is 62.8 Å². The molecule has 1 unspecified atom stereocenters. The van der Waals surface area contributed by atoms with Crippen molar-refractivity contribution in [2.24, 2.45) is 7.92 Å². The first-order valence-electron chi connectivity index (χ1n) is 6.67. The monoisotopic (exact) mass is 330 g/mol. The van der Waals surface area contributed by atoms with Crippen LogP contribution in [-0.2, 0) is 6.42 Å². The van der Waals surface area contributed by atoms with Crippen molar-refractivity contribution in [3.63, 3.8) is 0 Å². The Morgan fingerprint density at radius 2 is 2.15 bits per heavy atom. The number of rotatable bonds is 2. The third-order valence-electron chi connectivity index (χ3n) is 3.86. The number of nitrogens with one attached hydrogen (secondary N) is 1. The van der Waals surface area contributed by atoms with E-state index in [1.807, 2.05) is 18.2 Å². The second-order valence-corrected chi connectivity index (χ2v) is 6.24. The molecule has 3 N–H and O–H groups in total. The van der Waals surface area contributed by atoms with Crippen molar-refractivity contribution in [3.05, 3.63) is 47.5 Å². The number of anilines is 2. The molecule has 4 nitrogen and oxygen atoms in total. The quantitative estimate of drug-likeness (QED) is 0.556. The molecule has 20 heavy (non-hydrogen) atoms. The van der Waals surface area contributed by atoms with E-state index in [1.54, 1.807) is 0 Å². The van der Waals surface area contributed by atoms with Crippen LogP contribution in [0.5, 0.6) is 0 Å². The van der Waals surface area contributed by atoms with Gasteiger partial charge in [-0.15, -0.1) is 0 Å². The zero-order valence-corrected chi connectivity index (χ0v) is 12.5. The summed E-state index contributed by atoms with van der Waals surface area (Å²) >= 11 is 0.0160. The molecule has 1 heterocycles. The molecule has 0 radical (unpaired) electrons. The Kier molecular flexibility index (Phi) is 2.76. The molecule has 0 aromatic heterocycles. The van der Waals surface area contributed by atoms with Gasteiger partial charge in [-0.2, -0.15) is 0 Å². The molecular formula is C15H14N4Se. The van der Waals surface area contributed by atoms with Crippen LogP contribution in [0, 0.1) is 0 Å². The third kappa shape index (κ3) is 1.90. The number of nitrogens with zero attached hydrogens (tertiary/aromatic N) is 2. The summed E-state index contributed by atoms with van der Waals surface area (Å²) in [5.74, 6) is 0. The zero-order valence-electron chi connectivity index (χ0n) is 10.8. The average molecular weight is 329 g/mol. The molecule has 4 rings (SSSR count).